The highest BCUT2D eigenvalue weighted by Crippen LogP contribution is 2.33. The molecule has 380 valence electrons. The number of methoxy groups -OCH3 is 1. The molecular formula is C50H71N11O9. The van der Waals surface area contributed by atoms with Crippen LogP contribution in [0.2, 0.25) is 0 Å². The number of aromatic amines is 1. The first-order valence-electron chi connectivity index (χ1n) is 23.9. The number of aliphatic hydroxyl groups excluding tert-OH is 1. The first kappa shape index (κ1) is 56.5. The number of rotatable bonds is 35. The Kier molecular flexibility index (Phi) is 27.7. The van der Waals surface area contributed by atoms with Crippen LogP contribution in [-0.4, -0.2) is 202 Å². The number of fused-ring (bicyclic) bond motifs is 1. The molecule has 1 aliphatic heterocycles. The highest BCUT2D eigenvalue weighted by Gasteiger charge is 2.22. The van der Waals surface area contributed by atoms with Gasteiger partial charge in [-0.2, -0.15) is 10.4 Å². The van der Waals surface area contributed by atoms with Crippen molar-refractivity contribution in [3.05, 3.63) is 71.6 Å². The third kappa shape index (κ3) is 20.1. The number of allylic oxidation sites excluding steroid dienone is 1. The molecule has 0 aliphatic carbocycles. The van der Waals surface area contributed by atoms with Crippen molar-refractivity contribution in [3.8, 4) is 30.0 Å². The molecule has 1 fully saturated rings. The molecule has 0 saturated carbocycles. The van der Waals surface area contributed by atoms with Crippen LogP contribution in [0.5, 0.6) is 5.75 Å². The number of Topliss-reactive ketones (excluding diaryl/α,β-unsaturated/α-hetero) is 1. The van der Waals surface area contributed by atoms with Gasteiger partial charge in [-0.15, -0.1) is 6.42 Å². The predicted molar refractivity (Wildman–Crippen MR) is 265 cm³/mol. The number of nitriles is 1. The van der Waals surface area contributed by atoms with Crippen LogP contribution in [0.4, 0.5) is 0 Å². The monoisotopic (exact) mass is 970 g/mol. The third-order valence-electron chi connectivity index (χ3n) is 11.4. The number of benzene rings is 1. The number of aromatic nitrogens is 5. The Hall–Kier alpha value is -6.07. The molecule has 0 spiro atoms. The van der Waals surface area contributed by atoms with E-state index >= 15 is 0 Å². The number of terminal acetylenes is 1. The number of H-pyrrole nitrogens is 1. The van der Waals surface area contributed by atoms with Crippen molar-refractivity contribution in [1.82, 2.24) is 50.1 Å². The first-order chi connectivity index (χ1) is 34.4. The predicted octanol–water partition coefficient (Wildman–Crippen LogP) is 2.66. The molecule has 5 rings (SSSR count). The molecule has 0 unspecified atom stereocenters. The van der Waals surface area contributed by atoms with Crippen molar-refractivity contribution in [2.24, 2.45) is 0 Å². The standard InChI is InChI=1S/C26H25N7O3.C24H46N4O6/c1-17-31-15-33(32-17)26-25-24(23(36-2)14-30-26)21(13-29-25)22(35)9-8-19(10-11-28-16-34)20(12-27)18-6-4-3-5-7-18;1-2-16-31-18-20-33-22-23-34-21-19-32-17-14-28-11-9-27(10-12-28)8-4-7-26(13-15-29)6-3-5-25-24-30/h3-7,13-16,29H,8-11H2,1-2H3,(H,28,34);1,24,29H,3-23H2,(H,25,30)/b20-19+;. The Balaban J connectivity index is 0.000000305. The molecule has 4 N–H and O–H groups in total. The third-order valence-corrected chi connectivity index (χ3v) is 11.4. The second-order valence-electron chi connectivity index (χ2n) is 16.2. The zero-order valence-electron chi connectivity index (χ0n) is 40.8. The molecule has 2 amide bonds. The minimum absolute atomic E-state index is 0.113. The Morgan fingerprint density at radius 1 is 0.871 bits per heavy atom. The van der Waals surface area contributed by atoms with Crippen molar-refractivity contribution in [3.63, 3.8) is 0 Å². The van der Waals surface area contributed by atoms with Gasteiger partial charge in [-0.05, 0) is 63.4 Å². The summed E-state index contributed by atoms with van der Waals surface area (Å²) in [6.07, 6.45) is 14.2. The molecule has 4 aromatic rings. The Bertz CT molecular complexity index is 2230. The topological polar surface area (TPSA) is 235 Å². The first-order valence-corrected chi connectivity index (χ1v) is 23.9. The van der Waals surface area contributed by atoms with E-state index in [0.29, 0.717) is 125 Å². The minimum Gasteiger partial charge on any atom is -0.494 e. The molecular weight excluding hydrogens is 899 g/mol. The van der Waals surface area contributed by atoms with Crippen LogP contribution >= 0.6 is 0 Å². The van der Waals surface area contributed by atoms with Gasteiger partial charge in [-0.1, -0.05) is 36.3 Å². The number of amides is 2. The van der Waals surface area contributed by atoms with Gasteiger partial charge in [0.1, 0.15) is 24.5 Å². The lowest BCUT2D eigenvalue weighted by atomic mass is 9.93. The Morgan fingerprint density at radius 2 is 1.53 bits per heavy atom. The summed E-state index contributed by atoms with van der Waals surface area (Å²) >= 11 is 0. The number of aryl methyl sites for hydroxylation is 1. The molecule has 0 atom stereocenters. The number of aliphatic hydroxyl groups is 1. The maximum Gasteiger partial charge on any atom is 0.207 e. The second kappa shape index (κ2) is 34.3. The van der Waals surface area contributed by atoms with E-state index < -0.39 is 0 Å². The summed E-state index contributed by atoms with van der Waals surface area (Å²) in [5.41, 5.74) is 3.17. The van der Waals surface area contributed by atoms with Gasteiger partial charge in [-0.3, -0.25) is 19.3 Å². The van der Waals surface area contributed by atoms with Gasteiger partial charge in [0.2, 0.25) is 12.8 Å². The quantitative estimate of drug-likeness (QED) is 0.0171. The number of hydrogen-bond acceptors (Lipinski definition) is 16. The van der Waals surface area contributed by atoms with E-state index in [4.69, 9.17) is 30.1 Å². The highest BCUT2D eigenvalue weighted by molar-refractivity contribution is 6.11. The highest BCUT2D eigenvalue weighted by atomic mass is 16.6. The summed E-state index contributed by atoms with van der Waals surface area (Å²) in [7, 11) is 1.52. The molecule has 4 heterocycles. The maximum atomic E-state index is 13.4. The number of carbonyl (C=O) groups excluding carboxylic acids is 3. The Labute approximate surface area is 411 Å². The number of pyridine rings is 1. The molecule has 1 aliphatic rings. The lowest BCUT2D eigenvalue weighted by Crippen LogP contribution is -2.47. The normalized spacial score (nSPS) is 13.2. The molecule has 20 heteroatoms. The number of ether oxygens (including phenoxy) is 5. The van der Waals surface area contributed by atoms with E-state index in [1.54, 1.807) is 30.3 Å². The lowest BCUT2D eigenvalue weighted by molar-refractivity contribution is -0.110. The van der Waals surface area contributed by atoms with Crippen LogP contribution in [0.1, 0.15) is 53.8 Å². The van der Waals surface area contributed by atoms with Crippen LogP contribution in [0.15, 0.2) is 54.6 Å². The second-order valence-corrected chi connectivity index (χ2v) is 16.2. The number of ketones is 1. The van der Waals surface area contributed by atoms with E-state index in [1.807, 2.05) is 30.3 Å². The molecule has 20 nitrogen and oxygen atoms in total. The molecule has 0 radical (unpaired) electrons. The summed E-state index contributed by atoms with van der Waals surface area (Å²) in [6, 6.07) is 11.6. The smallest absolute Gasteiger partial charge is 0.207 e. The van der Waals surface area contributed by atoms with Crippen molar-refractivity contribution in [2.75, 3.05) is 139 Å². The van der Waals surface area contributed by atoms with E-state index in [2.05, 4.69) is 57.4 Å². The SMILES string of the molecule is C#CCOCCOCCOCCOCCN1CCN(CCCN(CCO)CCCNC=O)CC1.COc1cnc(-n2cnc(C)n2)c2[nH]cc(C(=O)CC/C(CCNC=O)=C(/C#N)c3ccccc3)c12. The van der Waals surface area contributed by atoms with E-state index in [0.717, 1.165) is 89.4 Å². The number of piperazine rings is 1. The summed E-state index contributed by atoms with van der Waals surface area (Å²) in [5.74, 6) is 3.86. The number of nitrogens with zero attached hydrogens (tertiary/aromatic N) is 8. The number of carbonyl (C=O) groups is 3. The van der Waals surface area contributed by atoms with Gasteiger partial charge < -0.3 is 54.2 Å². The number of hydrogen-bond donors (Lipinski definition) is 4. The molecule has 1 aromatic carbocycles. The average Bonchev–Trinajstić information content (AvgIpc) is 4.04. The summed E-state index contributed by atoms with van der Waals surface area (Å²) in [6.45, 7) is 16.3. The minimum atomic E-state index is -0.113. The van der Waals surface area contributed by atoms with Crippen molar-refractivity contribution in [2.45, 2.75) is 39.0 Å². The van der Waals surface area contributed by atoms with Crippen LogP contribution < -0.4 is 15.4 Å². The summed E-state index contributed by atoms with van der Waals surface area (Å²) in [5, 5.41) is 29.4. The summed E-state index contributed by atoms with van der Waals surface area (Å²) in [4.78, 5) is 53.5. The number of nitrogens with one attached hydrogen (secondary N) is 3. The summed E-state index contributed by atoms with van der Waals surface area (Å²) < 4.78 is 28.7. The molecule has 1 saturated heterocycles. The van der Waals surface area contributed by atoms with Crippen LogP contribution in [-0.2, 0) is 28.5 Å². The van der Waals surface area contributed by atoms with Crippen LogP contribution in [0.25, 0.3) is 22.3 Å². The average molecular weight is 970 g/mol. The largest absolute Gasteiger partial charge is 0.494 e. The zero-order valence-corrected chi connectivity index (χ0v) is 40.8. The van der Waals surface area contributed by atoms with Gasteiger partial charge >= 0.3 is 0 Å². The van der Waals surface area contributed by atoms with E-state index in [9.17, 15) is 24.8 Å². The van der Waals surface area contributed by atoms with Gasteiger partial charge in [0, 0.05) is 70.5 Å². The maximum absolute atomic E-state index is 13.4. The van der Waals surface area contributed by atoms with Gasteiger partial charge in [-0.25, -0.2) is 14.6 Å². The molecule has 0 bridgehead atoms. The fraction of sp³-hybridized carbons (Fsp3) is 0.540. The van der Waals surface area contributed by atoms with Gasteiger partial charge in [0.05, 0.1) is 88.7 Å². The molecule has 70 heavy (non-hydrogen) atoms. The zero-order chi connectivity index (χ0) is 50.0. The lowest BCUT2D eigenvalue weighted by Gasteiger charge is -2.35. The van der Waals surface area contributed by atoms with Crippen molar-refractivity contribution in [1.29, 1.82) is 5.26 Å². The van der Waals surface area contributed by atoms with E-state index in [1.165, 1.54) is 7.11 Å². The van der Waals surface area contributed by atoms with Crippen LogP contribution in [0, 0.1) is 30.6 Å². The van der Waals surface area contributed by atoms with Crippen molar-refractivity contribution < 1.29 is 43.2 Å². The fourth-order valence-corrected chi connectivity index (χ4v) is 7.79. The fourth-order valence-electron chi connectivity index (χ4n) is 7.79. The molecule has 3 aromatic heterocycles. The van der Waals surface area contributed by atoms with Gasteiger partial charge in [0.15, 0.2) is 11.6 Å². The Morgan fingerprint density at radius 3 is 2.16 bits per heavy atom. The van der Waals surface area contributed by atoms with Crippen molar-refractivity contribution >= 4 is 35.1 Å². The van der Waals surface area contributed by atoms with E-state index in [-0.39, 0.29) is 18.8 Å². The van der Waals surface area contributed by atoms with Gasteiger partial charge in [0.25, 0.3) is 0 Å². The van der Waals surface area contributed by atoms with Crippen LogP contribution in [0.3, 0.4) is 0 Å².